The molecule has 2 aromatic carbocycles. The number of benzene rings is 2. The minimum Gasteiger partial charge on any atom is -0.497 e. The summed E-state index contributed by atoms with van der Waals surface area (Å²) in [6.45, 7) is 0. The van der Waals surface area contributed by atoms with Gasteiger partial charge in [-0.25, -0.2) is 13.4 Å². The summed E-state index contributed by atoms with van der Waals surface area (Å²) < 4.78 is 36.5. The van der Waals surface area contributed by atoms with E-state index in [-0.39, 0.29) is 15.5 Å². The van der Waals surface area contributed by atoms with E-state index >= 15 is 0 Å². The molecule has 1 amide bonds. The van der Waals surface area contributed by atoms with Crippen molar-refractivity contribution in [2.75, 3.05) is 19.5 Å². The molecule has 0 aliphatic heterocycles. The number of halogens is 1. The average Bonchev–Trinajstić information content (AvgIpc) is 2.74. The van der Waals surface area contributed by atoms with Crippen LogP contribution in [0.2, 0.25) is 0 Å². The topological polar surface area (TPSA) is 94.6 Å². The van der Waals surface area contributed by atoms with Gasteiger partial charge in [-0.2, -0.15) is 0 Å². The number of nitrogens with zero attached hydrogens (tertiary/aromatic N) is 1. The Morgan fingerprint density at radius 3 is 2.31 bits per heavy atom. The molecule has 0 unspecified atom stereocenters. The van der Waals surface area contributed by atoms with Crippen LogP contribution in [0.4, 0.5) is 5.69 Å². The maximum Gasteiger partial charge on any atom is 0.257 e. The lowest BCUT2D eigenvalue weighted by Crippen LogP contribution is -2.14. The molecular weight excluding hydrogens is 460 g/mol. The van der Waals surface area contributed by atoms with Crippen LogP contribution in [0.1, 0.15) is 10.4 Å². The number of nitrogens with one attached hydrogen (secondary N) is 1. The van der Waals surface area contributed by atoms with E-state index in [1.807, 2.05) is 0 Å². The van der Waals surface area contributed by atoms with Gasteiger partial charge < -0.3 is 14.8 Å². The molecule has 0 aliphatic carbocycles. The summed E-state index contributed by atoms with van der Waals surface area (Å²) in [5.74, 6) is 0.567. The lowest BCUT2D eigenvalue weighted by Gasteiger charge is -2.11. The van der Waals surface area contributed by atoms with Crippen LogP contribution in [-0.2, 0) is 9.84 Å². The fourth-order valence-corrected chi connectivity index (χ4v) is 3.94. The Morgan fingerprint density at radius 1 is 1.00 bits per heavy atom. The Morgan fingerprint density at radius 2 is 1.72 bits per heavy atom. The molecular formula is C20H17BrN2O5S. The summed E-state index contributed by atoms with van der Waals surface area (Å²) in [6, 6.07) is 13.9. The SMILES string of the molecule is COc1ccc(NC(=O)c2ccc(S(=O)(=O)c3ccc(Br)cc3)nc2)c(OC)c1. The second-order valence-corrected chi connectivity index (χ2v) is 8.68. The van der Waals surface area contributed by atoms with Gasteiger partial charge in [-0.1, -0.05) is 15.9 Å². The van der Waals surface area contributed by atoms with E-state index in [0.29, 0.717) is 17.2 Å². The van der Waals surface area contributed by atoms with Gasteiger partial charge in [-0.3, -0.25) is 4.79 Å². The summed E-state index contributed by atoms with van der Waals surface area (Å²) in [4.78, 5) is 16.6. The van der Waals surface area contributed by atoms with Gasteiger partial charge >= 0.3 is 0 Å². The molecule has 0 saturated heterocycles. The second-order valence-electron chi connectivity index (χ2n) is 5.86. The van der Waals surface area contributed by atoms with Crippen molar-refractivity contribution < 1.29 is 22.7 Å². The van der Waals surface area contributed by atoms with Gasteiger partial charge in [-0.15, -0.1) is 0 Å². The van der Waals surface area contributed by atoms with Crippen molar-refractivity contribution in [2.24, 2.45) is 0 Å². The van der Waals surface area contributed by atoms with E-state index in [1.165, 1.54) is 44.7 Å². The molecule has 0 saturated carbocycles. The quantitative estimate of drug-likeness (QED) is 0.578. The van der Waals surface area contributed by atoms with Crippen LogP contribution < -0.4 is 14.8 Å². The molecule has 0 spiro atoms. The van der Waals surface area contributed by atoms with Gasteiger partial charge in [0.1, 0.15) is 11.5 Å². The summed E-state index contributed by atoms with van der Waals surface area (Å²) in [5, 5.41) is 2.57. The van der Waals surface area contributed by atoms with Gasteiger partial charge in [-0.05, 0) is 48.5 Å². The molecule has 150 valence electrons. The lowest BCUT2D eigenvalue weighted by molar-refractivity contribution is 0.102. The van der Waals surface area contributed by atoms with Gasteiger partial charge in [0.2, 0.25) is 9.84 Å². The van der Waals surface area contributed by atoms with Gasteiger partial charge in [0.25, 0.3) is 5.91 Å². The first-order chi connectivity index (χ1) is 13.8. The van der Waals surface area contributed by atoms with Crippen molar-refractivity contribution in [3.8, 4) is 11.5 Å². The molecule has 0 atom stereocenters. The Labute approximate surface area is 176 Å². The minimum absolute atomic E-state index is 0.119. The molecule has 1 heterocycles. The Kier molecular flexibility index (Phi) is 6.19. The first-order valence-corrected chi connectivity index (χ1v) is 10.6. The number of rotatable bonds is 6. The molecule has 1 aromatic heterocycles. The molecule has 3 rings (SSSR count). The molecule has 0 aliphatic rings. The van der Waals surface area contributed by atoms with Gasteiger partial charge in [0.05, 0.1) is 30.4 Å². The van der Waals surface area contributed by atoms with E-state index < -0.39 is 15.7 Å². The maximum absolute atomic E-state index is 12.7. The van der Waals surface area contributed by atoms with Crippen LogP contribution in [0.25, 0.3) is 0 Å². The van der Waals surface area contributed by atoms with Crippen molar-refractivity contribution in [1.29, 1.82) is 0 Å². The van der Waals surface area contributed by atoms with Crippen molar-refractivity contribution in [3.05, 3.63) is 70.8 Å². The van der Waals surface area contributed by atoms with E-state index in [2.05, 4.69) is 26.2 Å². The van der Waals surface area contributed by atoms with Crippen LogP contribution in [0.5, 0.6) is 11.5 Å². The van der Waals surface area contributed by atoms with E-state index in [1.54, 1.807) is 30.3 Å². The monoisotopic (exact) mass is 476 g/mol. The Balaban J connectivity index is 1.81. The fourth-order valence-electron chi connectivity index (χ4n) is 2.50. The lowest BCUT2D eigenvalue weighted by atomic mass is 10.2. The molecule has 7 nitrogen and oxygen atoms in total. The zero-order valence-corrected chi connectivity index (χ0v) is 18.0. The number of carbonyl (C=O) groups excluding carboxylic acids is 1. The van der Waals surface area contributed by atoms with Crippen molar-refractivity contribution in [1.82, 2.24) is 4.98 Å². The maximum atomic E-state index is 12.7. The highest BCUT2D eigenvalue weighted by Crippen LogP contribution is 2.29. The summed E-state index contributed by atoms with van der Waals surface area (Å²) in [7, 11) is -0.763. The van der Waals surface area contributed by atoms with E-state index in [4.69, 9.17) is 9.47 Å². The predicted octanol–water partition coefficient (Wildman–Crippen LogP) is 3.95. The highest BCUT2D eigenvalue weighted by molar-refractivity contribution is 9.10. The first kappa shape index (κ1) is 20.8. The minimum atomic E-state index is -3.77. The third-order valence-electron chi connectivity index (χ3n) is 4.05. The highest BCUT2D eigenvalue weighted by atomic mass is 79.9. The number of ether oxygens (including phenoxy) is 2. The number of amides is 1. The molecule has 0 fully saturated rings. The molecule has 29 heavy (non-hydrogen) atoms. The largest absolute Gasteiger partial charge is 0.497 e. The number of carbonyl (C=O) groups is 1. The number of methoxy groups -OCH3 is 2. The zero-order chi connectivity index (χ0) is 21.0. The average molecular weight is 477 g/mol. The normalized spacial score (nSPS) is 11.0. The third kappa shape index (κ3) is 4.57. The zero-order valence-electron chi connectivity index (χ0n) is 15.5. The fraction of sp³-hybridized carbons (Fsp3) is 0.100. The number of anilines is 1. The third-order valence-corrected chi connectivity index (χ3v) is 6.27. The molecule has 3 aromatic rings. The highest BCUT2D eigenvalue weighted by Gasteiger charge is 2.20. The Bertz CT molecular complexity index is 1130. The number of aromatic nitrogens is 1. The molecule has 0 radical (unpaired) electrons. The number of hydrogen-bond acceptors (Lipinski definition) is 6. The van der Waals surface area contributed by atoms with Crippen LogP contribution in [0.15, 0.2) is 75.2 Å². The number of pyridine rings is 1. The number of hydrogen-bond donors (Lipinski definition) is 1. The summed E-state index contributed by atoms with van der Waals surface area (Å²) in [6.07, 6.45) is 1.22. The van der Waals surface area contributed by atoms with Crippen LogP contribution >= 0.6 is 15.9 Å². The van der Waals surface area contributed by atoms with E-state index in [0.717, 1.165) is 4.47 Å². The predicted molar refractivity (Wildman–Crippen MR) is 111 cm³/mol. The van der Waals surface area contributed by atoms with Crippen LogP contribution in [0, 0.1) is 0 Å². The second kappa shape index (κ2) is 8.62. The standard InChI is InChI=1S/C20H17BrN2O5S/c1-27-15-6-9-17(18(11-15)28-2)23-20(24)13-3-10-19(22-12-13)29(25,26)16-7-4-14(21)5-8-16/h3-12H,1-2H3,(H,23,24). The van der Waals surface area contributed by atoms with Gasteiger partial charge in [0, 0.05) is 16.7 Å². The molecule has 9 heteroatoms. The first-order valence-electron chi connectivity index (χ1n) is 8.35. The van der Waals surface area contributed by atoms with Crippen molar-refractivity contribution in [2.45, 2.75) is 9.92 Å². The number of sulfone groups is 1. The van der Waals surface area contributed by atoms with Crippen LogP contribution in [0.3, 0.4) is 0 Å². The molecule has 0 bridgehead atoms. The molecule has 1 N–H and O–H groups in total. The summed E-state index contributed by atoms with van der Waals surface area (Å²) in [5.41, 5.74) is 0.655. The van der Waals surface area contributed by atoms with Crippen LogP contribution in [-0.4, -0.2) is 33.5 Å². The van der Waals surface area contributed by atoms with E-state index in [9.17, 15) is 13.2 Å². The smallest absolute Gasteiger partial charge is 0.257 e. The van der Waals surface area contributed by atoms with Gasteiger partial charge in [0.15, 0.2) is 5.03 Å². The summed E-state index contributed by atoms with van der Waals surface area (Å²) >= 11 is 3.27. The van der Waals surface area contributed by atoms with Crippen molar-refractivity contribution >= 4 is 37.4 Å². The van der Waals surface area contributed by atoms with Crippen molar-refractivity contribution in [3.63, 3.8) is 0 Å². The Hall–Kier alpha value is -2.91.